The molecule has 2 saturated heterocycles. The van der Waals surface area contributed by atoms with Gasteiger partial charge in [0, 0.05) is 69.2 Å². The van der Waals surface area contributed by atoms with Gasteiger partial charge < -0.3 is 24.8 Å². The van der Waals surface area contributed by atoms with Gasteiger partial charge in [0.25, 0.3) is 5.91 Å². The Kier molecular flexibility index (Phi) is 5.71. The predicted octanol–water partition coefficient (Wildman–Crippen LogP) is 1.66. The predicted molar refractivity (Wildman–Crippen MR) is 112 cm³/mol. The van der Waals surface area contributed by atoms with E-state index in [-0.39, 0.29) is 18.4 Å². The lowest BCUT2D eigenvalue weighted by molar-refractivity contribution is 0.0771. The molecule has 2 aliphatic rings. The first-order valence-corrected chi connectivity index (χ1v) is 10.5. The first-order valence-electron chi connectivity index (χ1n) is 10.5. The highest BCUT2D eigenvalue weighted by atomic mass is 16.3. The molecule has 2 unspecified atom stereocenters. The molecule has 0 saturated carbocycles. The zero-order valence-electron chi connectivity index (χ0n) is 17.0. The number of nitrogens with zero attached hydrogens (tertiary/aromatic N) is 3. The topological polar surface area (TPSA) is 62.8 Å². The summed E-state index contributed by atoms with van der Waals surface area (Å²) in [5, 5.41) is 11.1. The van der Waals surface area contributed by atoms with Gasteiger partial charge in [0.1, 0.15) is 5.69 Å². The van der Waals surface area contributed by atoms with Crippen LogP contribution in [0.15, 0.2) is 24.3 Å². The molecule has 28 heavy (non-hydrogen) atoms. The number of benzene rings is 1. The fourth-order valence-electron chi connectivity index (χ4n) is 4.79. The molecular weight excluding hydrogens is 352 g/mol. The molecule has 2 aliphatic heterocycles. The number of nitrogens with one attached hydrogen (secondary N) is 1. The maximum Gasteiger partial charge on any atom is 0.270 e. The average molecular weight is 385 g/mol. The van der Waals surface area contributed by atoms with E-state index >= 15 is 0 Å². The Morgan fingerprint density at radius 2 is 1.86 bits per heavy atom. The number of aromatic amines is 1. The Labute approximate surface area is 167 Å². The van der Waals surface area contributed by atoms with Gasteiger partial charge in [-0.3, -0.25) is 4.79 Å². The number of aryl methyl sites for hydroxylation is 1. The van der Waals surface area contributed by atoms with Crippen LogP contribution < -0.4 is 0 Å². The third-order valence-corrected chi connectivity index (χ3v) is 6.57. The van der Waals surface area contributed by atoms with Crippen LogP contribution in [-0.2, 0) is 6.42 Å². The Morgan fingerprint density at radius 3 is 2.57 bits per heavy atom. The van der Waals surface area contributed by atoms with E-state index in [1.165, 1.54) is 0 Å². The van der Waals surface area contributed by atoms with E-state index in [2.05, 4.69) is 34.8 Å². The minimum absolute atomic E-state index is 0.0763. The van der Waals surface area contributed by atoms with E-state index in [4.69, 9.17) is 0 Å². The summed E-state index contributed by atoms with van der Waals surface area (Å²) >= 11 is 0. The van der Waals surface area contributed by atoms with Gasteiger partial charge in [0.05, 0.1) is 0 Å². The van der Waals surface area contributed by atoms with E-state index in [0.717, 1.165) is 67.8 Å². The molecule has 0 radical (unpaired) electrons. The van der Waals surface area contributed by atoms with Crippen molar-refractivity contribution >= 4 is 16.8 Å². The van der Waals surface area contributed by atoms with Crippen molar-refractivity contribution in [2.45, 2.75) is 13.3 Å². The van der Waals surface area contributed by atoms with Gasteiger partial charge in [-0.25, -0.2) is 0 Å². The first kappa shape index (κ1) is 19.4. The maximum atomic E-state index is 13.3. The van der Waals surface area contributed by atoms with Crippen LogP contribution in [0.5, 0.6) is 0 Å². The number of carbonyl (C=O) groups is 1. The number of aliphatic hydroxyl groups excluding tert-OH is 1. The molecule has 4 rings (SSSR count). The average Bonchev–Trinajstić information content (AvgIpc) is 3.30. The third-order valence-electron chi connectivity index (χ3n) is 6.57. The number of hydrogen-bond acceptors (Lipinski definition) is 4. The second-order valence-electron chi connectivity index (χ2n) is 8.39. The summed E-state index contributed by atoms with van der Waals surface area (Å²) in [6.45, 7) is 8.92. The van der Waals surface area contributed by atoms with Gasteiger partial charge in [-0.15, -0.1) is 0 Å². The monoisotopic (exact) mass is 384 g/mol. The number of aliphatic hydroxyl groups is 1. The lowest BCUT2D eigenvalue weighted by Gasteiger charge is -2.34. The van der Waals surface area contributed by atoms with Crippen LogP contribution in [-0.4, -0.2) is 90.2 Å². The van der Waals surface area contributed by atoms with Crippen molar-refractivity contribution in [3.63, 3.8) is 0 Å². The molecule has 3 heterocycles. The molecule has 1 aromatic heterocycles. The molecule has 0 bridgehead atoms. The minimum atomic E-state index is 0.0763. The zero-order chi connectivity index (χ0) is 19.7. The summed E-state index contributed by atoms with van der Waals surface area (Å²) in [6, 6.07) is 8.13. The quantitative estimate of drug-likeness (QED) is 0.823. The Bertz CT molecular complexity index is 825. The number of H-pyrrole nitrogens is 1. The van der Waals surface area contributed by atoms with Gasteiger partial charge in [0.2, 0.25) is 0 Å². The molecule has 152 valence electrons. The van der Waals surface area contributed by atoms with Gasteiger partial charge in [0.15, 0.2) is 0 Å². The van der Waals surface area contributed by atoms with Crippen molar-refractivity contribution in [1.29, 1.82) is 0 Å². The summed E-state index contributed by atoms with van der Waals surface area (Å²) in [6.07, 6.45) is 0.826. The summed E-state index contributed by atoms with van der Waals surface area (Å²) in [4.78, 5) is 23.5. The zero-order valence-corrected chi connectivity index (χ0v) is 17.0. The molecule has 1 aromatic carbocycles. The van der Waals surface area contributed by atoms with Crippen LogP contribution in [0.1, 0.15) is 23.0 Å². The summed E-state index contributed by atoms with van der Waals surface area (Å²) in [7, 11) is 2.16. The molecule has 2 aromatic rings. The van der Waals surface area contributed by atoms with Crippen molar-refractivity contribution < 1.29 is 9.90 Å². The number of piperazine rings is 1. The molecule has 6 nitrogen and oxygen atoms in total. The highest BCUT2D eigenvalue weighted by molar-refractivity contribution is 6.01. The molecule has 2 N–H and O–H groups in total. The minimum Gasteiger partial charge on any atom is -0.396 e. The number of amides is 1. The molecule has 0 spiro atoms. The number of likely N-dealkylation sites (N-methyl/N-ethyl adjacent to an activating group) is 1. The molecule has 0 aliphatic carbocycles. The number of fused-ring (bicyclic) bond motifs is 1. The molecule has 2 atom stereocenters. The van der Waals surface area contributed by atoms with Gasteiger partial charge in [-0.1, -0.05) is 25.1 Å². The first-order chi connectivity index (χ1) is 13.6. The van der Waals surface area contributed by atoms with E-state index in [1.807, 2.05) is 23.1 Å². The van der Waals surface area contributed by atoms with E-state index in [0.29, 0.717) is 12.5 Å². The van der Waals surface area contributed by atoms with Crippen molar-refractivity contribution in [3.8, 4) is 0 Å². The Morgan fingerprint density at radius 1 is 1.14 bits per heavy atom. The number of likely N-dealkylation sites (tertiary alicyclic amines) is 1. The lowest BCUT2D eigenvalue weighted by atomic mass is 9.96. The maximum absolute atomic E-state index is 13.3. The fraction of sp³-hybridized carbons (Fsp3) is 0.591. The van der Waals surface area contributed by atoms with Crippen molar-refractivity contribution in [2.75, 3.05) is 59.5 Å². The van der Waals surface area contributed by atoms with E-state index in [1.54, 1.807) is 0 Å². The summed E-state index contributed by atoms with van der Waals surface area (Å²) in [5.74, 6) is 0.581. The number of rotatable bonds is 5. The van der Waals surface area contributed by atoms with Crippen molar-refractivity contribution in [3.05, 3.63) is 35.5 Å². The standard InChI is InChI=1S/C22H32N4O2/c1-3-18-19-6-4-5-7-20(19)23-21(18)22(28)26-13-16(17(14-26)15-27)12-25-10-8-24(2)9-11-25/h4-7,16-17,23,27H,3,8-15H2,1-2H3. The smallest absolute Gasteiger partial charge is 0.270 e. The van der Waals surface area contributed by atoms with Crippen molar-refractivity contribution in [2.24, 2.45) is 11.8 Å². The van der Waals surface area contributed by atoms with Crippen LogP contribution in [0.3, 0.4) is 0 Å². The molecule has 2 fully saturated rings. The SMILES string of the molecule is CCc1c(C(=O)N2CC(CO)C(CN3CCN(C)CC3)C2)[nH]c2ccccc12. The highest BCUT2D eigenvalue weighted by Crippen LogP contribution is 2.29. The number of carbonyl (C=O) groups excluding carboxylic acids is 1. The molecule has 6 heteroatoms. The largest absolute Gasteiger partial charge is 0.396 e. The van der Waals surface area contributed by atoms with Gasteiger partial charge in [-0.2, -0.15) is 0 Å². The number of hydrogen-bond donors (Lipinski definition) is 2. The Hall–Kier alpha value is -1.89. The Balaban J connectivity index is 1.49. The summed E-state index contributed by atoms with van der Waals surface area (Å²) < 4.78 is 0. The third kappa shape index (κ3) is 3.69. The van der Waals surface area contributed by atoms with Crippen LogP contribution in [0.2, 0.25) is 0 Å². The highest BCUT2D eigenvalue weighted by Gasteiger charge is 2.37. The normalized spacial score (nSPS) is 24.3. The van der Waals surface area contributed by atoms with Crippen LogP contribution in [0.4, 0.5) is 0 Å². The van der Waals surface area contributed by atoms with Gasteiger partial charge >= 0.3 is 0 Å². The van der Waals surface area contributed by atoms with Crippen molar-refractivity contribution in [1.82, 2.24) is 19.7 Å². The second-order valence-corrected chi connectivity index (χ2v) is 8.39. The number of para-hydroxylation sites is 1. The summed E-state index contributed by atoms with van der Waals surface area (Å²) in [5.41, 5.74) is 2.85. The van der Waals surface area contributed by atoms with Crippen LogP contribution in [0.25, 0.3) is 10.9 Å². The van der Waals surface area contributed by atoms with E-state index in [9.17, 15) is 9.90 Å². The molecule has 1 amide bonds. The molecular formula is C22H32N4O2. The second kappa shape index (κ2) is 8.23. The lowest BCUT2D eigenvalue weighted by Crippen LogP contribution is -2.47. The van der Waals surface area contributed by atoms with Crippen LogP contribution in [0, 0.1) is 11.8 Å². The van der Waals surface area contributed by atoms with E-state index < -0.39 is 0 Å². The van der Waals surface area contributed by atoms with Gasteiger partial charge in [-0.05, 0) is 31.0 Å². The van der Waals surface area contributed by atoms with Crippen LogP contribution >= 0.6 is 0 Å². The fourth-order valence-corrected chi connectivity index (χ4v) is 4.79. The number of aromatic nitrogens is 1.